The number of rotatable bonds is 4. The topological polar surface area (TPSA) is 48.4 Å². The molecule has 0 amide bonds. The summed E-state index contributed by atoms with van der Waals surface area (Å²) in [6, 6.07) is 5.74. The maximum atomic E-state index is 11.4. The van der Waals surface area contributed by atoms with Crippen LogP contribution in [0, 0.1) is 0 Å². The number of carbonyl (C=O) groups is 1. The first-order valence-corrected chi connectivity index (χ1v) is 6.18. The molecule has 1 aliphatic heterocycles. The van der Waals surface area contributed by atoms with E-state index in [2.05, 4.69) is 4.98 Å². The average molecular weight is 247 g/mol. The highest BCUT2D eigenvalue weighted by Crippen LogP contribution is 2.19. The summed E-state index contributed by atoms with van der Waals surface area (Å²) in [6.07, 6.45) is 3.14. The van der Waals surface area contributed by atoms with Crippen LogP contribution in [0.15, 0.2) is 24.3 Å². The fourth-order valence-corrected chi connectivity index (χ4v) is 1.88. The summed E-state index contributed by atoms with van der Waals surface area (Å²) in [5, 5.41) is 0. The zero-order chi connectivity index (χ0) is 12.8. The molecule has 1 aliphatic rings. The molecule has 2 heterocycles. The Morgan fingerprint density at radius 2 is 2.39 bits per heavy atom. The van der Waals surface area contributed by atoms with Crippen molar-refractivity contribution in [3.63, 3.8) is 0 Å². The van der Waals surface area contributed by atoms with Gasteiger partial charge in [0.15, 0.2) is 0 Å². The van der Waals surface area contributed by atoms with E-state index in [0.717, 1.165) is 24.4 Å². The Morgan fingerprint density at radius 3 is 3.11 bits per heavy atom. The lowest BCUT2D eigenvalue weighted by atomic mass is 10.1. The summed E-state index contributed by atoms with van der Waals surface area (Å²) in [4.78, 5) is 15.9. The minimum absolute atomic E-state index is 0.228. The van der Waals surface area contributed by atoms with Gasteiger partial charge < -0.3 is 9.47 Å². The second-order valence-electron chi connectivity index (χ2n) is 4.05. The minimum Gasteiger partial charge on any atom is -0.466 e. The first-order chi connectivity index (χ1) is 8.79. The molecule has 0 spiro atoms. The Hall–Kier alpha value is -1.68. The zero-order valence-electron chi connectivity index (χ0n) is 10.5. The maximum Gasteiger partial charge on any atom is 0.311 e. The highest BCUT2D eigenvalue weighted by atomic mass is 16.5. The first kappa shape index (κ1) is 12.8. The fraction of sp³-hybridized carbons (Fsp3) is 0.429. The normalized spacial score (nSPS) is 15.1. The largest absolute Gasteiger partial charge is 0.466 e. The van der Waals surface area contributed by atoms with Crippen LogP contribution in [0.1, 0.15) is 24.7 Å². The number of aromatic nitrogens is 1. The predicted octanol–water partition coefficient (Wildman–Crippen LogP) is 1.99. The van der Waals surface area contributed by atoms with Gasteiger partial charge in [-0.25, -0.2) is 0 Å². The third-order valence-corrected chi connectivity index (χ3v) is 2.73. The highest BCUT2D eigenvalue weighted by molar-refractivity contribution is 5.72. The van der Waals surface area contributed by atoms with Crippen molar-refractivity contribution in [1.82, 2.24) is 4.98 Å². The molecule has 0 unspecified atom stereocenters. The molecule has 0 bridgehead atoms. The van der Waals surface area contributed by atoms with Gasteiger partial charge in [-0.05, 0) is 31.1 Å². The smallest absolute Gasteiger partial charge is 0.311 e. The molecule has 0 aliphatic carbocycles. The van der Waals surface area contributed by atoms with Gasteiger partial charge in [-0.15, -0.1) is 0 Å². The van der Waals surface area contributed by atoms with Crippen molar-refractivity contribution in [2.24, 2.45) is 0 Å². The molecule has 4 heteroatoms. The molecule has 0 saturated heterocycles. The van der Waals surface area contributed by atoms with Crippen molar-refractivity contribution in [2.75, 3.05) is 19.8 Å². The van der Waals surface area contributed by atoms with Crippen molar-refractivity contribution >= 4 is 11.5 Å². The number of hydrogen-bond donors (Lipinski definition) is 0. The van der Waals surface area contributed by atoms with Crippen LogP contribution in [0.3, 0.4) is 0 Å². The lowest BCUT2D eigenvalue weighted by molar-refractivity contribution is -0.142. The van der Waals surface area contributed by atoms with E-state index in [1.807, 2.05) is 24.3 Å². The van der Waals surface area contributed by atoms with Crippen LogP contribution in [0.5, 0.6) is 0 Å². The molecule has 2 rings (SSSR count). The number of pyridine rings is 1. The van der Waals surface area contributed by atoms with E-state index < -0.39 is 0 Å². The van der Waals surface area contributed by atoms with E-state index >= 15 is 0 Å². The summed E-state index contributed by atoms with van der Waals surface area (Å²) in [7, 11) is 0. The Kier molecular flexibility index (Phi) is 4.47. The molecule has 1 aromatic heterocycles. The van der Waals surface area contributed by atoms with Crippen LogP contribution in [-0.4, -0.2) is 30.8 Å². The van der Waals surface area contributed by atoms with Crippen molar-refractivity contribution in [3.8, 4) is 0 Å². The van der Waals surface area contributed by atoms with Crippen LogP contribution < -0.4 is 0 Å². The molecular formula is C14H17NO3. The quantitative estimate of drug-likeness (QED) is 0.763. The van der Waals surface area contributed by atoms with E-state index in [-0.39, 0.29) is 12.4 Å². The van der Waals surface area contributed by atoms with Gasteiger partial charge in [-0.2, -0.15) is 0 Å². The predicted molar refractivity (Wildman–Crippen MR) is 68.0 cm³/mol. The lowest BCUT2D eigenvalue weighted by Gasteiger charge is -2.13. The fourth-order valence-electron chi connectivity index (χ4n) is 1.88. The molecule has 0 aromatic carbocycles. The van der Waals surface area contributed by atoms with Crippen LogP contribution in [0.4, 0.5) is 0 Å². The first-order valence-electron chi connectivity index (χ1n) is 6.18. The van der Waals surface area contributed by atoms with Crippen molar-refractivity contribution < 1.29 is 14.3 Å². The van der Waals surface area contributed by atoms with Gasteiger partial charge in [-0.3, -0.25) is 9.78 Å². The summed E-state index contributed by atoms with van der Waals surface area (Å²) in [5.74, 6) is -0.233. The minimum atomic E-state index is -0.233. The van der Waals surface area contributed by atoms with E-state index in [1.54, 1.807) is 6.92 Å². The molecule has 0 radical (unpaired) electrons. The number of ether oxygens (including phenoxy) is 2. The number of carbonyl (C=O) groups excluding carboxylic acids is 1. The van der Waals surface area contributed by atoms with Gasteiger partial charge in [0.1, 0.15) is 0 Å². The van der Waals surface area contributed by atoms with E-state index in [1.165, 1.54) is 5.57 Å². The molecule has 18 heavy (non-hydrogen) atoms. The van der Waals surface area contributed by atoms with Crippen molar-refractivity contribution in [2.45, 2.75) is 19.8 Å². The molecule has 0 N–H and O–H groups in total. The molecule has 0 saturated carbocycles. The molecule has 96 valence electrons. The molecular weight excluding hydrogens is 230 g/mol. The summed E-state index contributed by atoms with van der Waals surface area (Å²) >= 11 is 0. The summed E-state index contributed by atoms with van der Waals surface area (Å²) in [6.45, 7) is 3.57. The third-order valence-electron chi connectivity index (χ3n) is 2.73. The molecule has 0 atom stereocenters. The van der Waals surface area contributed by atoms with Gasteiger partial charge in [0.2, 0.25) is 0 Å². The highest BCUT2D eigenvalue weighted by Gasteiger charge is 2.10. The van der Waals surface area contributed by atoms with Gasteiger partial charge >= 0.3 is 5.97 Å². The van der Waals surface area contributed by atoms with Crippen molar-refractivity contribution in [1.29, 1.82) is 0 Å². The summed E-state index contributed by atoms with van der Waals surface area (Å²) < 4.78 is 10.2. The Morgan fingerprint density at radius 1 is 1.50 bits per heavy atom. The second kappa shape index (κ2) is 6.31. The Bertz CT molecular complexity index is 454. The molecule has 4 nitrogen and oxygen atoms in total. The molecule has 0 fully saturated rings. The Balaban J connectivity index is 2.09. The monoisotopic (exact) mass is 247 g/mol. The zero-order valence-corrected chi connectivity index (χ0v) is 10.5. The standard InChI is InChI=1S/C14H17NO3/c1-2-18-14(16)10-12-4-3-5-13(15-12)11-6-8-17-9-7-11/h3-6H,2,7-10H2,1H3. The lowest BCUT2D eigenvalue weighted by Crippen LogP contribution is -2.10. The van der Waals surface area contributed by atoms with Crippen LogP contribution in [-0.2, 0) is 20.7 Å². The van der Waals surface area contributed by atoms with Gasteiger partial charge in [-0.1, -0.05) is 12.1 Å². The second-order valence-corrected chi connectivity index (χ2v) is 4.05. The van der Waals surface area contributed by atoms with Crippen LogP contribution >= 0.6 is 0 Å². The van der Waals surface area contributed by atoms with Crippen LogP contribution in [0.2, 0.25) is 0 Å². The van der Waals surface area contributed by atoms with E-state index in [4.69, 9.17) is 9.47 Å². The number of esters is 1. The average Bonchev–Trinajstić information content (AvgIpc) is 2.40. The van der Waals surface area contributed by atoms with Gasteiger partial charge in [0.05, 0.1) is 37.6 Å². The van der Waals surface area contributed by atoms with E-state index in [0.29, 0.717) is 13.2 Å². The number of nitrogens with zero attached hydrogens (tertiary/aromatic N) is 1. The summed E-state index contributed by atoms with van der Waals surface area (Å²) in [5.41, 5.74) is 2.87. The Labute approximate surface area is 107 Å². The molecule has 1 aromatic rings. The van der Waals surface area contributed by atoms with Crippen molar-refractivity contribution in [3.05, 3.63) is 35.7 Å². The van der Waals surface area contributed by atoms with Gasteiger partial charge in [0, 0.05) is 0 Å². The maximum absolute atomic E-state index is 11.4. The van der Waals surface area contributed by atoms with E-state index in [9.17, 15) is 4.79 Å². The third kappa shape index (κ3) is 3.40. The van der Waals surface area contributed by atoms with Gasteiger partial charge in [0.25, 0.3) is 0 Å². The number of hydrogen-bond acceptors (Lipinski definition) is 4. The SMILES string of the molecule is CCOC(=O)Cc1cccc(C2=CCOCC2)n1. The van der Waals surface area contributed by atoms with Crippen LogP contribution in [0.25, 0.3) is 5.57 Å².